The molecule has 0 amide bonds. The number of aromatic nitrogens is 2. The zero-order valence-electron chi connectivity index (χ0n) is 10.5. The molecule has 18 heavy (non-hydrogen) atoms. The van der Waals surface area contributed by atoms with Gasteiger partial charge in [-0.1, -0.05) is 18.2 Å². The maximum Gasteiger partial charge on any atom is 0.359 e. The van der Waals surface area contributed by atoms with Crippen LogP contribution in [-0.2, 0) is 11.8 Å². The summed E-state index contributed by atoms with van der Waals surface area (Å²) in [5.41, 5.74) is -0.0619. The van der Waals surface area contributed by atoms with Gasteiger partial charge in [-0.05, 0) is 19.9 Å². The van der Waals surface area contributed by atoms with Crippen LogP contribution in [0.3, 0.4) is 0 Å². The molecule has 0 saturated heterocycles. The summed E-state index contributed by atoms with van der Waals surface area (Å²) in [4.78, 5) is 23.8. The lowest BCUT2D eigenvalue weighted by Gasteiger charge is -2.10. The van der Waals surface area contributed by atoms with Crippen molar-refractivity contribution in [3.05, 3.63) is 40.3 Å². The Bertz CT molecular complexity index is 659. The molecule has 2 aromatic rings. The summed E-state index contributed by atoms with van der Waals surface area (Å²) in [6.07, 6.45) is -0.227. The smallest absolute Gasteiger partial charge is 0.359 e. The lowest BCUT2D eigenvalue weighted by atomic mass is 10.1. The quantitative estimate of drug-likeness (QED) is 0.753. The van der Waals surface area contributed by atoms with Gasteiger partial charge < -0.3 is 4.74 Å². The fraction of sp³-hybridized carbons (Fsp3) is 0.308. The van der Waals surface area contributed by atoms with Gasteiger partial charge in [0.05, 0.1) is 11.5 Å². The molecule has 1 heterocycles. The van der Waals surface area contributed by atoms with Gasteiger partial charge in [-0.25, -0.2) is 9.48 Å². The van der Waals surface area contributed by atoms with E-state index < -0.39 is 5.97 Å². The minimum atomic E-state index is -0.517. The van der Waals surface area contributed by atoms with E-state index >= 15 is 0 Å². The molecule has 0 aliphatic carbocycles. The van der Waals surface area contributed by atoms with Gasteiger partial charge in [-0.15, -0.1) is 0 Å². The first-order chi connectivity index (χ1) is 8.50. The summed E-state index contributed by atoms with van der Waals surface area (Å²) in [6, 6.07) is 6.88. The van der Waals surface area contributed by atoms with Gasteiger partial charge in [-0.2, -0.15) is 5.10 Å². The summed E-state index contributed by atoms with van der Waals surface area (Å²) in [5, 5.41) is 4.97. The van der Waals surface area contributed by atoms with Gasteiger partial charge in [0.2, 0.25) is 0 Å². The van der Waals surface area contributed by atoms with Gasteiger partial charge in [0.25, 0.3) is 5.56 Å². The van der Waals surface area contributed by atoms with Crippen LogP contribution in [-0.4, -0.2) is 21.9 Å². The summed E-state index contributed by atoms with van der Waals surface area (Å²) in [6.45, 7) is 3.53. The van der Waals surface area contributed by atoms with Crippen LogP contribution in [0.4, 0.5) is 0 Å². The first-order valence-electron chi connectivity index (χ1n) is 5.67. The highest BCUT2D eigenvalue weighted by Gasteiger charge is 2.17. The van der Waals surface area contributed by atoms with Gasteiger partial charge in [0, 0.05) is 12.4 Å². The number of aryl methyl sites for hydroxylation is 1. The third-order valence-electron chi connectivity index (χ3n) is 2.49. The second-order valence-electron chi connectivity index (χ2n) is 4.28. The number of esters is 1. The molecule has 0 aliphatic rings. The van der Waals surface area contributed by atoms with E-state index in [0.717, 1.165) is 4.68 Å². The van der Waals surface area contributed by atoms with Crippen LogP contribution < -0.4 is 5.56 Å². The Kier molecular flexibility index (Phi) is 3.14. The molecule has 2 rings (SSSR count). The normalized spacial score (nSPS) is 10.9. The van der Waals surface area contributed by atoms with Crippen molar-refractivity contribution in [1.29, 1.82) is 0 Å². The van der Waals surface area contributed by atoms with Crippen molar-refractivity contribution in [3.8, 4) is 0 Å². The second kappa shape index (κ2) is 4.60. The van der Waals surface area contributed by atoms with Crippen LogP contribution in [0.2, 0.25) is 0 Å². The molecule has 0 atom stereocenters. The minimum absolute atomic E-state index is 0.168. The van der Waals surface area contributed by atoms with E-state index in [0.29, 0.717) is 10.8 Å². The highest BCUT2D eigenvalue weighted by molar-refractivity contribution is 6.02. The van der Waals surface area contributed by atoms with E-state index in [1.54, 1.807) is 38.1 Å². The molecule has 1 aromatic carbocycles. The van der Waals surface area contributed by atoms with E-state index in [1.165, 1.54) is 7.05 Å². The average Bonchev–Trinajstić information content (AvgIpc) is 2.33. The highest BCUT2D eigenvalue weighted by atomic mass is 16.5. The Hall–Kier alpha value is -2.17. The number of fused-ring (bicyclic) bond motifs is 1. The summed E-state index contributed by atoms with van der Waals surface area (Å²) < 4.78 is 6.27. The van der Waals surface area contributed by atoms with Gasteiger partial charge in [-0.3, -0.25) is 4.79 Å². The molecule has 0 N–H and O–H groups in total. The third kappa shape index (κ3) is 2.11. The lowest BCUT2D eigenvalue weighted by molar-refractivity contribution is 0.0371. The van der Waals surface area contributed by atoms with Gasteiger partial charge >= 0.3 is 5.97 Å². The Morgan fingerprint density at radius 1 is 1.28 bits per heavy atom. The van der Waals surface area contributed by atoms with E-state index in [9.17, 15) is 9.59 Å². The zero-order valence-corrected chi connectivity index (χ0v) is 10.5. The molecule has 1 aromatic heterocycles. The number of hydrogen-bond acceptors (Lipinski definition) is 4. The van der Waals surface area contributed by atoms with Crippen molar-refractivity contribution in [3.63, 3.8) is 0 Å². The maximum absolute atomic E-state index is 11.9. The first kappa shape index (κ1) is 12.3. The molecular weight excluding hydrogens is 232 g/mol. The SMILES string of the molecule is CC(C)OC(=O)c1nn(C)c(=O)c2ccccc12. The molecule has 5 nitrogen and oxygen atoms in total. The van der Waals surface area contributed by atoms with Crippen molar-refractivity contribution in [1.82, 2.24) is 9.78 Å². The highest BCUT2D eigenvalue weighted by Crippen LogP contribution is 2.14. The Balaban J connectivity index is 2.68. The number of carbonyl (C=O) groups excluding carboxylic acids is 1. The van der Waals surface area contributed by atoms with Crippen molar-refractivity contribution in [2.45, 2.75) is 20.0 Å². The topological polar surface area (TPSA) is 61.2 Å². The van der Waals surface area contributed by atoms with Crippen LogP contribution in [0.5, 0.6) is 0 Å². The summed E-state index contributed by atoms with van der Waals surface area (Å²) in [5.74, 6) is -0.517. The van der Waals surface area contributed by atoms with Crippen molar-refractivity contribution >= 4 is 16.7 Å². The molecule has 94 valence electrons. The van der Waals surface area contributed by atoms with Crippen LogP contribution >= 0.6 is 0 Å². The Morgan fingerprint density at radius 2 is 1.89 bits per heavy atom. The van der Waals surface area contributed by atoms with E-state index in [1.807, 2.05) is 0 Å². The second-order valence-corrected chi connectivity index (χ2v) is 4.28. The van der Waals surface area contributed by atoms with E-state index in [-0.39, 0.29) is 17.4 Å². The number of benzene rings is 1. The first-order valence-corrected chi connectivity index (χ1v) is 5.67. The number of ether oxygens (including phenoxy) is 1. The van der Waals surface area contributed by atoms with Crippen LogP contribution in [0.1, 0.15) is 24.3 Å². The number of rotatable bonds is 2. The standard InChI is InChI=1S/C13H14N2O3/c1-8(2)18-13(17)11-9-6-4-5-7-10(9)12(16)15(3)14-11/h4-8H,1-3H3. The zero-order chi connectivity index (χ0) is 13.3. The molecule has 5 heteroatoms. The van der Waals surface area contributed by atoms with E-state index in [2.05, 4.69) is 5.10 Å². The summed E-state index contributed by atoms with van der Waals surface area (Å²) >= 11 is 0. The molecule has 0 bridgehead atoms. The van der Waals surface area contributed by atoms with Crippen molar-refractivity contribution in [2.24, 2.45) is 7.05 Å². The predicted molar refractivity (Wildman–Crippen MR) is 67.5 cm³/mol. The minimum Gasteiger partial charge on any atom is -0.458 e. The molecule has 0 aliphatic heterocycles. The van der Waals surface area contributed by atoms with Gasteiger partial charge in [0.1, 0.15) is 0 Å². The number of carbonyl (C=O) groups is 1. The maximum atomic E-state index is 11.9. The van der Waals surface area contributed by atoms with Crippen molar-refractivity contribution in [2.75, 3.05) is 0 Å². The van der Waals surface area contributed by atoms with Crippen LogP contribution in [0.25, 0.3) is 10.8 Å². The van der Waals surface area contributed by atoms with E-state index in [4.69, 9.17) is 4.74 Å². The number of nitrogens with zero attached hydrogens (tertiary/aromatic N) is 2. The Morgan fingerprint density at radius 3 is 2.50 bits per heavy atom. The molecule has 0 spiro atoms. The lowest BCUT2D eigenvalue weighted by Crippen LogP contribution is -2.24. The fourth-order valence-electron chi connectivity index (χ4n) is 1.72. The Labute approximate surface area is 104 Å². The molecule has 0 saturated carbocycles. The van der Waals surface area contributed by atoms with Crippen LogP contribution in [0.15, 0.2) is 29.1 Å². The summed E-state index contributed by atoms with van der Waals surface area (Å²) in [7, 11) is 1.51. The fourth-order valence-corrected chi connectivity index (χ4v) is 1.72. The van der Waals surface area contributed by atoms with Crippen molar-refractivity contribution < 1.29 is 9.53 Å². The van der Waals surface area contributed by atoms with Gasteiger partial charge in [0.15, 0.2) is 5.69 Å². The monoisotopic (exact) mass is 246 g/mol. The largest absolute Gasteiger partial charge is 0.458 e. The van der Waals surface area contributed by atoms with Crippen LogP contribution in [0, 0.1) is 0 Å². The molecule has 0 fully saturated rings. The predicted octanol–water partition coefficient (Wildman–Crippen LogP) is 1.50. The average molecular weight is 246 g/mol. The molecule has 0 radical (unpaired) electrons. The molecular formula is C13H14N2O3. The molecule has 0 unspecified atom stereocenters. The third-order valence-corrected chi connectivity index (χ3v) is 2.49. The number of hydrogen-bond donors (Lipinski definition) is 0.